The second-order valence-corrected chi connectivity index (χ2v) is 7.10. The zero-order valence-corrected chi connectivity index (χ0v) is 12.4. The summed E-state index contributed by atoms with van der Waals surface area (Å²) in [6.07, 6.45) is 2.00. The van der Waals surface area contributed by atoms with E-state index in [1.807, 2.05) is 0 Å². The molecule has 1 N–H and O–H groups in total. The smallest absolute Gasteiger partial charge is 0.327 e. The molecule has 2 unspecified atom stereocenters. The molecule has 1 saturated carbocycles. The van der Waals surface area contributed by atoms with Crippen LogP contribution in [0.15, 0.2) is 11.4 Å². The first-order valence-electron chi connectivity index (χ1n) is 6.39. The van der Waals surface area contributed by atoms with Crippen molar-refractivity contribution in [1.82, 2.24) is 4.90 Å². The lowest BCUT2D eigenvalue weighted by molar-refractivity contribution is -0.380. The third kappa shape index (κ3) is 2.62. The number of carbonyl (C=O) groups excluding carboxylic acids is 1. The minimum absolute atomic E-state index is 0.111. The summed E-state index contributed by atoms with van der Waals surface area (Å²) in [4.78, 5) is 35.5. The van der Waals surface area contributed by atoms with Crippen LogP contribution in [-0.4, -0.2) is 44.0 Å². The molecular weight excluding hydrogens is 316 g/mol. The van der Waals surface area contributed by atoms with E-state index in [1.54, 1.807) is 0 Å². The molecule has 1 saturated heterocycles. The van der Waals surface area contributed by atoms with Gasteiger partial charge in [-0.1, -0.05) is 11.3 Å². The molecule has 7 nitrogen and oxygen atoms in total. The minimum Gasteiger partial charge on any atom is -0.480 e. The number of hydrogen-bond donors (Lipinski definition) is 1. The lowest BCUT2D eigenvalue weighted by Gasteiger charge is -2.26. The Morgan fingerprint density at radius 3 is 2.67 bits per heavy atom. The summed E-state index contributed by atoms with van der Waals surface area (Å²) >= 11 is 2.37. The van der Waals surface area contributed by atoms with Crippen LogP contribution in [0.4, 0.5) is 5.00 Å². The normalized spacial score (nSPS) is 25.0. The van der Waals surface area contributed by atoms with E-state index >= 15 is 0 Å². The Hall–Kier alpha value is -1.61. The molecule has 0 radical (unpaired) electrons. The zero-order valence-electron chi connectivity index (χ0n) is 10.8. The predicted octanol–water partition coefficient (Wildman–Crippen LogP) is 2.03. The maximum Gasteiger partial charge on any atom is 0.327 e. The van der Waals surface area contributed by atoms with Gasteiger partial charge in [-0.2, -0.15) is 0 Å². The monoisotopic (exact) mass is 328 g/mol. The van der Waals surface area contributed by atoms with E-state index in [0.29, 0.717) is 11.7 Å². The highest BCUT2D eigenvalue weighted by Gasteiger charge is 2.48. The van der Waals surface area contributed by atoms with Crippen molar-refractivity contribution in [2.24, 2.45) is 5.92 Å². The van der Waals surface area contributed by atoms with Gasteiger partial charge in [0, 0.05) is 17.2 Å². The summed E-state index contributed by atoms with van der Waals surface area (Å²) in [5, 5.41) is 21.2. The van der Waals surface area contributed by atoms with Gasteiger partial charge < -0.3 is 10.0 Å². The zero-order chi connectivity index (χ0) is 15.1. The van der Waals surface area contributed by atoms with Crippen LogP contribution in [0, 0.1) is 16.0 Å². The number of nitrogens with zero attached hydrogens (tertiary/aromatic N) is 2. The largest absolute Gasteiger partial charge is 0.480 e. The van der Waals surface area contributed by atoms with Crippen molar-refractivity contribution >= 4 is 40.0 Å². The van der Waals surface area contributed by atoms with Crippen molar-refractivity contribution in [3.05, 3.63) is 27.1 Å². The molecule has 2 heterocycles. The summed E-state index contributed by atoms with van der Waals surface area (Å²) in [7, 11) is 0. The van der Waals surface area contributed by atoms with Gasteiger partial charge in [0.05, 0.1) is 15.9 Å². The van der Waals surface area contributed by atoms with Crippen molar-refractivity contribution < 1.29 is 19.6 Å². The van der Waals surface area contributed by atoms with Gasteiger partial charge in [-0.3, -0.25) is 14.9 Å². The highest BCUT2D eigenvalue weighted by atomic mass is 32.2. The summed E-state index contributed by atoms with van der Waals surface area (Å²) in [6.45, 7) is 0. The van der Waals surface area contributed by atoms with Gasteiger partial charge in [0.25, 0.3) is 5.91 Å². The number of nitro groups is 1. The molecular formula is C12H12N2O5S2. The van der Waals surface area contributed by atoms with Gasteiger partial charge >= 0.3 is 11.0 Å². The van der Waals surface area contributed by atoms with Crippen LogP contribution >= 0.6 is 23.1 Å². The Balaban J connectivity index is 1.88. The quantitative estimate of drug-likeness (QED) is 0.670. The van der Waals surface area contributed by atoms with Gasteiger partial charge in [-0.15, -0.1) is 11.8 Å². The van der Waals surface area contributed by atoms with E-state index in [9.17, 15) is 24.8 Å². The lowest BCUT2D eigenvalue weighted by atomic mass is 10.2. The molecule has 2 atom stereocenters. The summed E-state index contributed by atoms with van der Waals surface area (Å²) in [6, 6.07) is 0.367. The van der Waals surface area contributed by atoms with E-state index in [2.05, 4.69) is 0 Å². The third-order valence-electron chi connectivity index (χ3n) is 3.59. The average molecular weight is 328 g/mol. The molecule has 1 aliphatic heterocycles. The van der Waals surface area contributed by atoms with Crippen molar-refractivity contribution in [3.63, 3.8) is 0 Å². The van der Waals surface area contributed by atoms with E-state index in [0.717, 1.165) is 24.2 Å². The van der Waals surface area contributed by atoms with Crippen LogP contribution in [0.2, 0.25) is 0 Å². The second kappa shape index (κ2) is 5.30. The predicted molar refractivity (Wildman–Crippen MR) is 77.5 cm³/mol. The fourth-order valence-electron chi connectivity index (χ4n) is 2.40. The first kappa shape index (κ1) is 14.3. The molecule has 0 aromatic carbocycles. The topological polar surface area (TPSA) is 101 Å². The molecule has 3 rings (SSSR count). The molecule has 2 fully saturated rings. The highest BCUT2D eigenvalue weighted by Crippen LogP contribution is 2.46. The number of amides is 1. The number of hydrogen-bond acceptors (Lipinski definition) is 6. The van der Waals surface area contributed by atoms with Crippen LogP contribution in [0.25, 0.3) is 0 Å². The molecule has 1 aliphatic carbocycles. The fraction of sp³-hybridized carbons (Fsp3) is 0.500. The first-order valence-corrected chi connectivity index (χ1v) is 8.32. The van der Waals surface area contributed by atoms with E-state index in [1.165, 1.54) is 28.1 Å². The van der Waals surface area contributed by atoms with Crippen LogP contribution in [0.5, 0.6) is 0 Å². The van der Waals surface area contributed by atoms with Gasteiger partial charge in [0.1, 0.15) is 6.04 Å². The third-order valence-corrected chi connectivity index (χ3v) is 5.93. The van der Waals surface area contributed by atoms with Crippen LogP contribution in [-0.2, 0) is 4.79 Å². The Morgan fingerprint density at radius 1 is 1.43 bits per heavy atom. The van der Waals surface area contributed by atoms with Crippen LogP contribution in [0.3, 0.4) is 0 Å². The van der Waals surface area contributed by atoms with E-state index in [-0.39, 0.29) is 15.9 Å². The lowest BCUT2D eigenvalue weighted by Crippen LogP contribution is -2.46. The maximum atomic E-state index is 12.6. The Bertz CT molecular complexity index is 613. The Morgan fingerprint density at radius 2 is 2.14 bits per heavy atom. The van der Waals surface area contributed by atoms with Gasteiger partial charge in [0.2, 0.25) is 0 Å². The van der Waals surface area contributed by atoms with Crippen LogP contribution < -0.4 is 0 Å². The summed E-state index contributed by atoms with van der Waals surface area (Å²) in [5.74, 6) is -0.733. The highest BCUT2D eigenvalue weighted by molar-refractivity contribution is 8.00. The van der Waals surface area contributed by atoms with Gasteiger partial charge in [-0.25, -0.2) is 4.79 Å². The standard InChI is InChI=1S/C12H12N2O5S2/c15-10(7-3-9(14(18)19)20-4-7)13-8(12(16)17)5-21-11(13)6-1-2-6/h3-4,6,8,11H,1-2,5H2,(H,16,17). The maximum absolute atomic E-state index is 12.6. The summed E-state index contributed by atoms with van der Waals surface area (Å²) in [5.41, 5.74) is 0.200. The molecule has 21 heavy (non-hydrogen) atoms. The molecule has 0 bridgehead atoms. The average Bonchev–Trinajstić information content (AvgIpc) is 3.01. The van der Waals surface area contributed by atoms with Gasteiger partial charge in [-0.05, 0) is 18.8 Å². The van der Waals surface area contributed by atoms with Crippen LogP contribution in [0.1, 0.15) is 23.2 Å². The van der Waals surface area contributed by atoms with Gasteiger partial charge in [0.15, 0.2) is 0 Å². The molecule has 1 amide bonds. The number of carboxylic acids is 1. The van der Waals surface area contributed by atoms with Crippen molar-refractivity contribution in [2.45, 2.75) is 24.3 Å². The fourth-order valence-corrected chi connectivity index (χ4v) is 4.73. The second-order valence-electron chi connectivity index (χ2n) is 5.06. The molecule has 0 spiro atoms. The van der Waals surface area contributed by atoms with E-state index in [4.69, 9.17) is 0 Å². The first-order chi connectivity index (χ1) is 9.99. The summed E-state index contributed by atoms with van der Waals surface area (Å²) < 4.78 is 0. The molecule has 9 heteroatoms. The number of rotatable bonds is 4. The van der Waals surface area contributed by atoms with Crippen molar-refractivity contribution in [2.75, 3.05) is 5.75 Å². The molecule has 2 aliphatic rings. The number of thioether (sulfide) groups is 1. The van der Waals surface area contributed by atoms with Crippen molar-refractivity contribution in [3.8, 4) is 0 Å². The number of thiophene rings is 1. The number of aliphatic carboxylic acids is 1. The van der Waals surface area contributed by atoms with Crippen molar-refractivity contribution in [1.29, 1.82) is 0 Å². The number of carboxylic acid groups (broad SMARTS) is 1. The van der Waals surface area contributed by atoms with E-state index < -0.39 is 22.8 Å². The minimum atomic E-state index is -1.02. The molecule has 1 aromatic heterocycles. The SMILES string of the molecule is O=C(O)C1CSC(C2CC2)N1C(=O)c1csc([N+](=O)[O-])c1. The molecule has 112 valence electrons. The Kier molecular flexibility index (Phi) is 3.62. The number of carbonyl (C=O) groups is 2. The molecule has 1 aromatic rings. The Labute approximate surface area is 128 Å².